The number of nitrogens with one attached hydrogen (secondary N) is 1. The SMILES string of the molecule is CCc1cc(OCC(C)C)cc2sc(Nc3ccccc3)nc12. The second-order valence-corrected chi connectivity index (χ2v) is 7.03. The van der Waals surface area contributed by atoms with Gasteiger partial charge in [-0.3, -0.25) is 0 Å². The maximum absolute atomic E-state index is 5.90. The Morgan fingerprint density at radius 2 is 1.96 bits per heavy atom. The maximum Gasteiger partial charge on any atom is 0.188 e. The van der Waals surface area contributed by atoms with Gasteiger partial charge < -0.3 is 10.1 Å². The van der Waals surface area contributed by atoms with Crippen molar-refractivity contribution < 1.29 is 4.74 Å². The third kappa shape index (κ3) is 3.82. The van der Waals surface area contributed by atoms with Crippen LogP contribution in [-0.4, -0.2) is 11.6 Å². The molecule has 0 spiro atoms. The van der Waals surface area contributed by atoms with Crippen molar-refractivity contribution in [2.45, 2.75) is 27.2 Å². The fourth-order valence-corrected chi connectivity index (χ4v) is 3.35. The minimum Gasteiger partial charge on any atom is -0.493 e. The third-order valence-corrected chi connectivity index (χ3v) is 4.45. The van der Waals surface area contributed by atoms with Gasteiger partial charge in [-0.05, 0) is 42.2 Å². The van der Waals surface area contributed by atoms with Crippen molar-refractivity contribution >= 4 is 32.4 Å². The van der Waals surface area contributed by atoms with Crippen LogP contribution in [0.25, 0.3) is 10.2 Å². The van der Waals surface area contributed by atoms with Crippen LogP contribution >= 0.6 is 11.3 Å². The lowest BCUT2D eigenvalue weighted by atomic mass is 10.1. The van der Waals surface area contributed by atoms with E-state index in [-0.39, 0.29) is 0 Å². The first-order chi connectivity index (χ1) is 11.2. The molecule has 1 aromatic heterocycles. The summed E-state index contributed by atoms with van der Waals surface area (Å²) in [4.78, 5) is 4.77. The topological polar surface area (TPSA) is 34.1 Å². The first-order valence-electron chi connectivity index (χ1n) is 8.04. The Balaban J connectivity index is 1.91. The van der Waals surface area contributed by atoms with E-state index in [4.69, 9.17) is 9.72 Å². The predicted octanol–water partition coefficient (Wildman–Crippen LogP) is 5.64. The smallest absolute Gasteiger partial charge is 0.188 e. The molecule has 0 amide bonds. The Bertz CT molecular complexity index is 781. The molecule has 0 fully saturated rings. The van der Waals surface area contributed by atoms with Crippen molar-refractivity contribution in [3.63, 3.8) is 0 Å². The average Bonchev–Trinajstić information content (AvgIpc) is 2.95. The number of hydrogen-bond donors (Lipinski definition) is 1. The van der Waals surface area contributed by atoms with Crippen LogP contribution < -0.4 is 10.1 Å². The molecule has 23 heavy (non-hydrogen) atoms. The summed E-state index contributed by atoms with van der Waals surface area (Å²) in [6.07, 6.45) is 0.948. The number of anilines is 2. The first kappa shape index (κ1) is 15.8. The highest BCUT2D eigenvalue weighted by Crippen LogP contribution is 2.34. The summed E-state index contributed by atoms with van der Waals surface area (Å²) in [5.74, 6) is 1.46. The van der Waals surface area contributed by atoms with E-state index in [1.807, 2.05) is 30.3 Å². The summed E-state index contributed by atoms with van der Waals surface area (Å²) in [6, 6.07) is 14.4. The number of ether oxygens (including phenoxy) is 1. The van der Waals surface area contributed by atoms with Crippen molar-refractivity contribution in [2.75, 3.05) is 11.9 Å². The minimum absolute atomic E-state index is 0.521. The highest BCUT2D eigenvalue weighted by molar-refractivity contribution is 7.22. The number of thiazole rings is 1. The van der Waals surface area contributed by atoms with Gasteiger partial charge in [-0.25, -0.2) is 4.98 Å². The Labute approximate surface area is 141 Å². The van der Waals surface area contributed by atoms with E-state index in [0.29, 0.717) is 5.92 Å². The molecule has 3 nitrogen and oxygen atoms in total. The number of aryl methyl sites for hydroxylation is 1. The fraction of sp³-hybridized carbons (Fsp3) is 0.316. The van der Waals surface area contributed by atoms with E-state index < -0.39 is 0 Å². The van der Waals surface area contributed by atoms with Gasteiger partial charge >= 0.3 is 0 Å². The Morgan fingerprint density at radius 1 is 1.17 bits per heavy atom. The lowest BCUT2D eigenvalue weighted by Gasteiger charge is -2.10. The van der Waals surface area contributed by atoms with Crippen LogP contribution in [0, 0.1) is 5.92 Å². The van der Waals surface area contributed by atoms with Crippen molar-refractivity contribution in [3.8, 4) is 5.75 Å². The Hall–Kier alpha value is -2.07. The maximum atomic E-state index is 5.90. The predicted molar refractivity (Wildman–Crippen MR) is 99.1 cm³/mol. The summed E-state index contributed by atoms with van der Waals surface area (Å²) in [6.45, 7) is 7.22. The summed E-state index contributed by atoms with van der Waals surface area (Å²) in [5.41, 5.74) is 3.37. The third-order valence-electron chi connectivity index (χ3n) is 3.54. The summed E-state index contributed by atoms with van der Waals surface area (Å²) < 4.78 is 7.07. The summed E-state index contributed by atoms with van der Waals surface area (Å²) >= 11 is 1.67. The van der Waals surface area contributed by atoms with Gasteiger partial charge in [-0.15, -0.1) is 0 Å². The molecular weight excluding hydrogens is 304 g/mol. The molecule has 1 heterocycles. The molecule has 0 aliphatic rings. The van der Waals surface area contributed by atoms with Gasteiger partial charge in [0.15, 0.2) is 5.13 Å². The second-order valence-electron chi connectivity index (χ2n) is 6.00. The standard InChI is InChI=1S/C19H22N2OS/c1-4-14-10-16(22-12-13(2)3)11-17-18(14)21-19(23-17)20-15-8-6-5-7-9-15/h5-11,13H,4,12H2,1-3H3,(H,20,21). The molecule has 2 aromatic carbocycles. The Kier molecular flexibility index (Phi) is 4.82. The van der Waals surface area contributed by atoms with Crippen LogP contribution in [0.1, 0.15) is 26.3 Å². The zero-order chi connectivity index (χ0) is 16.2. The Morgan fingerprint density at radius 3 is 2.65 bits per heavy atom. The molecule has 0 radical (unpaired) electrons. The molecule has 0 atom stereocenters. The molecule has 4 heteroatoms. The normalized spacial score (nSPS) is 11.1. The summed E-state index contributed by atoms with van der Waals surface area (Å²) in [7, 11) is 0. The number of benzene rings is 2. The molecule has 3 aromatic rings. The number of nitrogens with zero attached hydrogens (tertiary/aromatic N) is 1. The van der Waals surface area contributed by atoms with E-state index in [0.717, 1.165) is 35.1 Å². The van der Waals surface area contributed by atoms with Gasteiger partial charge in [0.25, 0.3) is 0 Å². The van der Waals surface area contributed by atoms with Crippen molar-refractivity contribution in [3.05, 3.63) is 48.0 Å². The average molecular weight is 326 g/mol. The summed E-state index contributed by atoms with van der Waals surface area (Å²) in [5, 5.41) is 4.30. The molecule has 0 saturated carbocycles. The molecule has 0 aliphatic carbocycles. The quantitative estimate of drug-likeness (QED) is 0.637. The van der Waals surface area contributed by atoms with E-state index >= 15 is 0 Å². The van der Waals surface area contributed by atoms with E-state index in [1.54, 1.807) is 11.3 Å². The van der Waals surface area contributed by atoms with Gasteiger partial charge in [-0.1, -0.05) is 50.3 Å². The second kappa shape index (κ2) is 7.01. The minimum atomic E-state index is 0.521. The van der Waals surface area contributed by atoms with Crippen LogP contribution in [0.5, 0.6) is 5.75 Å². The van der Waals surface area contributed by atoms with Crippen LogP contribution in [-0.2, 0) is 6.42 Å². The number of rotatable bonds is 6. The lowest BCUT2D eigenvalue weighted by Crippen LogP contribution is -2.04. The number of para-hydroxylation sites is 1. The highest BCUT2D eigenvalue weighted by Gasteiger charge is 2.11. The van der Waals surface area contributed by atoms with Gasteiger partial charge in [0.05, 0.1) is 16.8 Å². The zero-order valence-corrected chi connectivity index (χ0v) is 14.6. The number of hydrogen-bond acceptors (Lipinski definition) is 4. The van der Waals surface area contributed by atoms with Crippen LogP contribution in [0.2, 0.25) is 0 Å². The zero-order valence-electron chi connectivity index (χ0n) is 13.8. The van der Waals surface area contributed by atoms with Crippen molar-refractivity contribution in [2.24, 2.45) is 5.92 Å². The van der Waals surface area contributed by atoms with Gasteiger partial charge in [0, 0.05) is 5.69 Å². The largest absolute Gasteiger partial charge is 0.493 e. The molecule has 120 valence electrons. The molecule has 0 aliphatic heterocycles. The molecule has 3 rings (SSSR count). The molecule has 0 saturated heterocycles. The molecule has 1 N–H and O–H groups in total. The van der Waals surface area contributed by atoms with Gasteiger partial charge in [-0.2, -0.15) is 0 Å². The van der Waals surface area contributed by atoms with Gasteiger partial charge in [0.1, 0.15) is 5.75 Å². The fourth-order valence-electron chi connectivity index (χ4n) is 2.38. The molecular formula is C19H22N2OS. The van der Waals surface area contributed by atoms with E-state index in [2.05, 4.69) is 38.2 Å². The van der Waals surface area contributed by atoms with Crippen molar-refractivity contribution in [1.29, 1.82) is 0 Å². The van der Waals surface area contributed by atoms with Crippen LogP contribution in [0.3, 0.4) is 0 Å². The monoisotopic (exact) mass is 326 g/mol. The van der Waals surface area contributed by atoms with Crippen LogP contribution in [0.15, 0.2) is 42.5 Å². The van der Waals surface area contributed by atoms with E-state index in [1.165, 1.54) is 10.3 Å². The highest BCUT2D eigenvalue weighted by atomic mass is 32.1. The lowest BCUT2D eigenvalue weighted by molar-refractivity contribution is 0.271. The van der Waals surface area contributed by atoms with E-state index in [9.17, 15) is 0 Å². The first-order valence-corrected chi connectivity index (χ1v) is 8.85. The molecule has 0 bridgehead atoms. The van der Waals surface area contributed by atoms with Crippen LogP contribution in [0.4, 0.5) is 10.8 Å². The molecule has 0 unspecified atom stereocenters. The number of aromatic nitrogens is 1. The van der Waals surface area contributed by atoms with Gasteiger partial charge in [0.2, 0.25) is 0 Å². The van der Waals surface area contributed by atoms with Crippen molar-refractivity contribution in [1.82, 2.24) is 4.98 Å². The number of fused-ring (bicyclic) bond motifs is 1.